The van der Waals surface area contributed by atoms with Gasteiger partial charge in [-0.1, -0.05) is 0 Å². The Morgan fingerprint density at radius 3 is 1.47 bits per heavy atom. The fourth-order valence-corrected chi connectivity index (χ4v) is 46.0. The molecule has 2 aromatic rings. The summed E-state index contributed by atoms with van der Waals surface area (Å²) in [7, 11) is 0. The van der Waals surface area contributed by atoms with Crippen molar-refractivity contribution in [3.8, 4) is 0 Å². The molecule has 0 aliphatic heterocycles. The number of carbonyl (C=O) groups is 1. The van der Waals surface area contributed by atoms with E-state index in [1.807, 2.05) is 36.4 Å². The molecule has 0 heterocycles. The molecule has 0 aliphatic rings. The minimum atomic E-state index is -3.90. The summed E-state index contributed by atoms with van der Waals surface area (Å²) in [5.41, 5.74) is 2.13. The van der Waals surface area contributed by atoms with E-state index in [1.54, 1.807) is 0 Å². The van der Waals surface area contributed by atoms with Gasteiger partial charge in [-0.25, -0.2) is 0 Å². The fourth-order valence-electron chi connectivity index (χ4n) is 4.56. The van der Waals surface area contributed by atoms with E-state index in [0.29, 0.717) is 6.61 Å². The predicted octanol–water partition coefficient (Wildman–Crippen LogP) is 9.66. The van der Waals surface area contributed by atoms with E-state index in [1.165, 1.54) is 5.56 Å². The minimum absolute atomic E-state index is 0.216. The number of carbonyl (C=O) groups excluding carboxylic acids is 1. The van der Waals surface area contributed by atoms with Gasteiger partial charge in [-0.2, -0.15) is 0 Å². The monoisotopic (exact) mass is 742 g/mol. The molecule has 0 amide bonds. The van der Waals surface area contributed by atoms with Crippen LogP contribution in [-0.4, -0.2) is 44.6 Å². The van der Waals surface area contributed by atoms with Gasteiger partial charge < -0.3 is 0 Å². The Kier molecular flexibility index (Phi) is 17.0. The molecule has 0 aromatic heterocycles. The molecule has 0 fully saturated rings. The van der Waals surface area contributed by atoms with Crippen molar-refractivity contribution in [2.45, 2.75) is 110 Å². The molecule has 38 heavy (non-hydrogen) atoms. The van der Waals surface area contributed by atoms with Crippen LogP contribution in [0.25, 0.3) is 0 Å². The van der Waals surface area contributed by atoms with Crippen molar-refractivity contribution >= 4 is 44.6 Å². The first-order chi connectivity index (χ1) is 18.5. The molecular formula is C31H50O5Sn2. The molecule has 0 bridgehead atoms. The summed E-state index contributed by atoms with van der Waals surface area (Å²) in [5, 5.41) is 0. The molecule has 0 saturated carbocycles. The van der Waals surface area contributed by atoms with E-state index in [9.17, 15) is 4.79 Å². The van der Waals surface area contributed by atoms with Crippen LogP contribution >= 0.6 is 0 Å². The number of hydrogen-bond donors (Lipinski definition) is 0. The first-order valence-electron chi connectivity index (χ1n) is 14.8. The molecule has 0 N–H and O–H groups in total. The molecule has 7 heteroatoms. The number of rotatable bonds is 20. The Morgan fingerprint density at radius 1 is 0.605 bits per heavy atom. The third kappa shape index (κ3) is 12.6. The van der Waals surface area contributed by atoms with Crippen molar-refractivity contribution in [3.05, 3.63) is 71.8 Å². The van der Waals surface area contributed by atoms with Crippen molar-refractivity contribution in [2.24, 2.45) is 0 Å². The van der Waals surface area contributed by atoms with E-state index in [4.69, 9.17) is 12.3 Å². The second kappa shape index (κ2) is 19.3. The Morgan fingerprint density at radius 2 is 1.03 bits per heavy atom. The molecule has 0 unspecified atom stereocenters. The third-order valence-corrected chi connectivity index (χ3v) is 39.4. The number of benzene rings is 2. The number of hydrogen-bond acceptors (Lipinski definition) is 5. The average Bonchev–Trinajstić information content (AvgIpc) is 2.95. The molecular weight excluding hydrogens is 690 g/mol. The van der Waals surface area contributed by atoms with Gasteiger partial charge in [0.1, 0.15) is 0 Å². The molecule has 2 aromatic carbocycles. The van der Waals surface area contributed by atoms with E-state index in [-0.39, 0.29) is 6.61 Å². The third-order valence-electron chi connectivity index (χ3n) is 6.83. The molecule has 2 rings (SSSR count). The van der Waals surface area contributed by atoms with Gasteiger partial charge in [0.05, 0.1) is 0 Å². The van der Waals surface area contributed by atoms with Crippen molar-refractivity contribution < 1.29 is 17.1 Å². The van der Waals surface area contributed by atoms with Crippen LogP contribution in [0.3, 0.4) is 0 Å². The zero-order valence-corrected chi connectivity index (χ0v) is 29.9. The van der Waals surface area contributed by atoms with Gasteiger partial charge in [-0.3, -0.25) is 0 Å². The second-order valence-electron chi connectivity index (χ2n) is 10.2. The van der Waals surface area contributed by atoms with Crippen molar-refractivity contribution in [1.29, 1.82) is 0 Å². The van der Waals surface area contributed by atoms with Crippen LogP contribution in [0.1, 0.15) is 90.2 Å². The van der Waals surface area contributed by atoms with Crippen molar-refractivity contribution in [1.82, 2.24) is 0 Å². The second-order valence-corrected chi connectivity index (χ2v) is 32.2. The summed E-state index contributed by atoms with van der Waals surface area (Å²) in [6, 6.07) is 20.2. The summed E-state index contributed by atoms with van der Waals surface area (Å²) < 4.78 is 30.2. The average molecular weight is 740 g/mol. The van der Waals surface area contributed by atoms with E-state index in [0.717, 1.165) is 74.7 Å². The summed E-state index contributed by atoms with van der Waals surface area (Å²) >= 11 is -7.52. The fraction of sp³-hybridized carbons (Fsp3) is 0.581. The van der Waals surface area contributed by atoms with Crippen LogP contribution in [0.15, 0.2) is 60.7 Å². The first-order valence-corrected chi connectivity index (χ1v) is 27.5. The van der Waals surface area contributed by atoms with Gasteiger partial charge >= 0.3 is 243 Å². The maximum absolute atomic E-state index is 13.2. The molecule has 0 spiro atoms. The first kappa shape index (κ1) is 33.4. The molecule has 5 nitrogen and oxygen atoms in total. The summed E-state index contributed by atoms with van der Waals surface area (Å²) in [4.78, 5) is 13.2. The number of ether oxygens (including phenoxy) is 1. The SMILES string of the molecule is CCC[CH2][Sn]([CH2]CCC)([O]Cc1ccccc1)[O][Sn]([CH2]CCC)([CH2]CCC)[O]C(=O)OCc1ccccc1. The van der Waals surface area contributed by atoms with Crippen LogP contribution in [0, 0.1) is 0 Å². The van der Waals surface area contributed by atoms with Gasteiger partial charge in [0.15, 0.2) is 0 Å². The molecule has 0 atom stereocenters. The Hall–Kier alpha value is -0.773. The Bertz CT molecular complexity index is 862. The molecule has 0 radical (unpaired) electrons. The van der Waals surface area contributed by atoms with E-state index in [2.05, 4.69) is 52.0 Å². The van der Waals surface area contributed by atoms with Crippen LogP contribution in [0.5, 0.6) is 0 Å². The number of unbranched alkanes of at least 4 members (excludes halogenated alkanes) is 4. The van der Waals surface area contributed by atoms with Gasteiger partial charge in [0.2, 0.25) is 0 Å². The Labute approximate surface area is 241 Å². The van der Waals surface area contributed by atoms with Crippen LogP contribution in [0.2, 0.25) is 17.7 Å². The zero-order valence-electron chi connectivity index (χ0n) is 24.2. The van der Waals surface area contributed by atoms with Crippen LogP contribution < -0.4 is 0 Å². The maximum atomic E-state index is 13.2. The predicted molar refractivity (Wildman–Crippen MR) is 160 cm³/mol. The summed E-state index contributed by atoms with van der Waals surface area (Å²) in [5.74, 6) is 0. The molecule has 212 valence electrons. The van der Waals surface area contributed by atoms with Crippen LogP contribution in [-0.2, 0) is 25.5 Å². The zero-order chi connectivity index (χ0) is 27.5. The summed E-state index contributed by atoms with van der Waals surface area (Å²) in [6.45, 7) is 9.65. The standard InChI is InChI=1S/C8H8O3.C7H7O.4C4H9.O.2Sn/c9-8(10)11-6-7-4-2-1-3-5-7;8-6-7-4-2-1-3-5-7;4*1-3-4-2;;;/h1-5H,6H2,(H,9,10);1-5H,6H2;4*1,3-4H2,2H3;;;/q;-1;;;;;;2*+1/p-1. The molecule has 0 aliphatic carbocycles. The Balaban J connectivity index is 2.34. The van der Waals surface area contributed by atoms with Crippen molar-refractivity contribution in [3.63, 3.8) is 0 Å². The topological polar surface area (TPSA) is 54.0 Å². The van der Waals surface area contributed by atoms with Crippen LogP contribution in [0.4, 0.5) is 4.79 Å². The van der Waals surface area contributed by atoms with Crippen molar-refractivity contribution in [2.75, 3.05) is 0 Å². The van der Waals surface area contributed by atoms with Gasteiger partial charge in [0, 0.05) is 0 Å². The van der Waals surface area contributed by atoms with E-state index >= 15 is 0 Å². The van der Waals surface area contributed by atoms with E-state index < -0.39 is 44.6 Å². The van der Waals surface area contributed by atoms with Gasteiger partial charge in [-0.05, 0) is 0 Å². The van der Waals surface area contributed by atoms with Gasteiger partial charge in [-0.15, -0.1) is 0 Å². The normalized spacial score (nSPS) is 11.9. The van der Waals surface area contributed by atoms with Gasteiger partial charge in [0.25, 0.3) is 0 Å². The molecule has 0 saturated heterocycles. The summed E-state index contributed by atoms with van der Waals surface area (Å²) in [6.07, 6.45) is 7.95. The quantitative estimate of drug-likeness (QED) is 0.100.